The zero-order valence-electron chi connectivity index (χ0n) is 20.8. The Bertz CT molecular complexity index is 852. The molecule has 2 aromatic carbocycles. The van der Waals surface area contributed by atoms with E-state index in [4.69, 9.17) is 14.2 Å². The Morgan fingerprint density at radius 1 is 1.00 bits per heavy atom. The van der Waals surface area contributed by atoms with Crippen molar-refractivity contribution in [2.24, 2.45) is 0 Å². The summed E-state index contributed by atoms with van der Waals surface area (Å²) < 4.78 is 18.2. The summed E-state index contributed by atoms with van der Waals surface area (Å²) in [6, 6.07) is 14.2. The standard InChI is InChI=1S/C27H38BrNO4/c1-7-31-23-18-22(19-24(25(23)28)32-8-2)20(3)29(26(30)33-27(4,5)6)17-13-12-16-21-14-10-9-11-15-21/h9-11,14-15,18-20H,7-8,12-13,16-17H2,1-6H3/t20-/m1/s1. The molecule has 0 aliphatic carbocycles. The number of carbonyl (C=O) groups is 1. The first-order valence-electron chi connectivity index (χ1n) is 11.8. The van der Waals surface area contributed by atoms with E-state index in [1.54, 1.807) is 0 Å². The fourth-order valence-electron chi connectivity index (χ4n) is 3.55. The van der Waals surface area contributed by atoms with E-state index < -0.39 is 5.60 Å². The highest BCUT2D eigenvalue weighted by atomic mass is 79.9. The van der Waals surface area contributed by atoms with E-state index in [0.717, 1.165) is 29.3 Å². The predicted octanol–water partition coefficient (Wildman–Crippen LogP) is 7.57. The number of aryl methyl sites for hydroxylation is 1. The first kappa shape index (κ1) is 27.0. The van der Waals surface area contributed by atoms with Gasteiger partial charge in [-0.25, -0.2) is 4.79 Å². The monoisotopic (exact) mass is 519 g/mol. The highest BCUT2D eigenvalue weighted by Crippen LogP contribution is 2.39. The van der Waals surface area contributed by atoms with Gasteiger partial charge in [0.2, 0.25) is 0 Å². The highest BCUT2D eigenvalue weighted by molar-refractivity contribution is 9.10. The molecule has 1 amide bonds. The molecule has 0 heterocycles. The predicted molar refractivity (Wildman–Crippen MR) is 137 cm³/mol. The number of hydrogen-bond donors (Lipinski definition) is 0. The van der Waals surface area contributed by atoms with Crippen molar-refractivity contribution < 1.29 is 19.0 Å². The van der Waals surface area contributed by atoms with Crippen molar-refractivity contribution in [3.63, 3.8) is 0 Å². The maximum Gasteiger partial charge on any atom is 0.410 e. The second-order valence-electron chi connectivity index (χ2n) is 8.99. The third-order valence-corrected chi connectivity index (χ3v) is 5.94. The summed E-state index contributed by atoms with van der Waals surface area (Å²) in [5, 5.41) is 0. The van der Waals surface area contributed by atoms with Crippen molar-refractivity contribution in [3.05, 3.63) is 58.1 Å². The van der Waals surface area contributed by atoms with E-state index in [0.29, 0.717) is 31.3 Å². The average molecular weight is 521 g/mol. The molecule has 0 saturated carbocycles. The Kier molecular flexibility index (Phi) is 10.6. The molecule has 2 aromatic rings. The van der Waals surface area contributed by atoms with Gasteiger partial charge in [0.1, 0.15) is 21.6 Å². The maximum absolute atomic E-state index is 13.2. The van der Waals surface area contributed by atoms with E-state index in [1.807, 2.05) is 64.6 Å². The number of carbonyl (C=O) groups excluding carboxylic acids is 1. The SMILES string of the molecule is CCOc1cc([C@@H](C)N(CCCCc2ccccc2)C(=O)OC(C)(C)C)cc(OCC)c1Br. The van der Waals surface area contributed by atoms with Crippen LogP contribution < -0.4 is 9.47 Å². The van der Waals surface area contributed by atoms with Gasteiger partial charge in [-0.2, -0.15) is 0 Å². The summed E-state index contributed by atoms with van der Waals surface area (Å²) in [7, 11) is 0. The summed E-state index contributed by atoms with van der Waals surface area (Å²) in [6.45, 7) is 13.3. The minimum absolute atomic E-state index is 0.205. The second kappa shape index (κ2) is 12.9. The molecule has 0 unspecified atom stereocenters. The number of nitrogens with zero attached hydrogens (tertiary/aromatic N) is 1. The van der Waals surface area contributed by atoms with Gasteiger partial charge in [-0.05, 0) is 100.0 Å². The van der Waals surface area contributed by atoms with Crippen LogP contribution in [0, 0.1) is 0 Å². The Morgan fingerprint density at radius 3 is 2.09 bits per heavy atom. The van der Waals surface area contributed by atoms with Crippen molar-refractivity contribution in [3.8, 4) is 11.5 Å². The lowest BCUT2D eigenvalue weighted by Gasteiger charge is -2.32. The third-order valence-electron chi connectivity index (χ3n) is 5.16. The molecule has 0 spiro atoms. The molecule has 6 heteroatoms. The largest absolute Gasteiger partial charge is 0.493 e. The van der Waals surface area contributed by atoms with Gasteiger partial charge in [0.15, 0.2) is 0 Å². The number of unbranched alkanes of at least 4 members (excludes halogenated alkanes) is 1. The fraction of sp³-hybridized carbons (Fsp3) is 0.519. The van der Waals surface area contributed by atoms with Crippen molar-refractivity contribution in [2.75, 3.05) is 19.8 Å². The normalized spacial score (nSPS) is 12.2. The van der Waals surface area contributed by atoms with Crippen LogP contribution in [0.5, 0.6) is 11.5 Å². The topological polar surface area (TPSA) is 48.0 Å². The number of halogens is 1. The molecule has 0 fully saturated rings. The minimum atomic E-state index is -0.564. The number of ether oxygens (including phenoxy) is 3. The van der Waals surface area contributed by atoms with E-state index in [9.17, 15) is 4.79 Å². The maximum atomic E-state index is 13.2. The van der Waals surface area contributed by atoms with Gasteiger partial charge in [-0.1, -0.05) is 30.3 Å². The van der Waals surface area contributed by atoms with Gasteiger partial charge in [0.05, 0.1) is 19.3 Å². The molecule has 33 heavy (non-hydrogen) atoms. The van der Waals surface area contributed by atoms with E-state index in [1.165, 1.54) is 5.56 Å². The summed E-state index contributed by atoms with van der Waals surface area (Å²) in [5.74, 6) is 1.41. The van der Waals surface area contributed by atoms with Crippen molar-refractivity contribution in [1.29, 1.82) is 0 Å². The van der Waals surface area contributed by atoms with E-state index in [2.05, 4.69) is 40.2 Å². The van der Waals surface area contributed by atoms with Crippen molar-refractivity contribution >= 4 is 22.0 Å². The molecule has 5 nitrogen and oxygen atoms in total. The van der Waals surface area contributed by atoms with Crippen LogP contribution in [0.25, 0.3) is 0 Å². The zero-order valence-corrected chi connectivity index (χ0v) is 22.4. The molecule has 182 valence electrons. The number of benzene rings is 2. The summed E-state index contributed by atoms with van der Waals surface area (Å²) >= 11 is 3.59. The van der Waals surface area contributed by atoms with E-state index in [-0.39, 0.29) is 12.1 Å². The van der Waals surface area contributed by atoms with Crippen LogP contribution in [0.4, 0.5) is 4.79 Å². The van der Waals surface area contributed by atoms with Gasteiger partial charge in [-0.15, -0.1) is 0 Å². The molecule has 0 aromatic heterocycles. The molecular formula is C27H38BrNO4. The fourth-order valence-corrected chi connectivity index (χ4v) is 4.01. The number of rotatable bonds is 11. The van der Waals surface area contributed by atoms with Gasteiger partial charge < -0.3 is 19.1 Å². The third kappa shape index (κ3) is 8.58. The van der Waals surface area contributed by atoms with Crippen LogP contribution in [-0.4, -0.2) is 36.4 Å². The van der Waals surface area contributed by atoms with Gasteiger partial charge >= 0.3 is 6.09 Å². The molecular weight excluding hydrogens is 482 g/mol. The Morgan fingerprint density at radius 2 is 1.58 bits per heavy atom. The van der Waals surface area contributed by atoms with Crippen LogP contribution in [0.2, 0.25) is 0 Å². The van der Waals surface area contributed by atoms with Gasteiger partial charge in [0, 0.05) is 6.54 Å². The first-order valence-corrected chi connectivity index (χ1v) is 12.6. The van der Waals surface area contributed by atoms with Crippen LogP contribution in [0.15, 0.2) is 46.9 Å². The Labute approximate surface area is 207 Å². The molecule has 0 aliphatic rings. The number of amides is 1. The second-order valence-corrected chi connectivity index (χ2v) is 9.78. The Hall–Kier alpha value is -2.21. The Balaban J connectivity index is 2.24. The molecule has 0 saturated heterocycles. The molecule has 0 aliphatic heterocycles. The quantitative estimate of drug-likeness (QED) is 0.287. The van der Waals surface area contributed by atoms with Crippen LogP contribution >= 0.6 is 15.9 Å². The lowest BCUT2D eigenvalue weighted by molar-refractivity contribution is 0.0169. The minimum Gasteiger partial charge on any atom is -0.493 e. The van der Waals surface area contributed by atoms with Gasteiger partial charge in [-0.3, -0.25) is 0 Å². The van der Waals surface area contributed by atoms with Crippen LogP contribution in [0.3, 0.4) is 0 Å². The highest BCUT2D eigenvalue weighted by Gasteiger charge is 2.28. The number of hydrogen-bond acceptors (Lipinski definition) is 4. The van der Waals surface area contributed by atoms with Crippen LogP contribution in [-0.2, 0) is 11.2 Å². The lowest BCUT2D eigenvalue weighted by Crippen LogP contribution is -2.39. The van der Waals surface area contributed by atoms with Crippen LogP contribution in [0.1, 0.15) is 71.6 Å². The average Bonchev–Trinajstić information content (AvgIpc) is 2.75. The lowest BCUT2D eigenvalue weighted by atomic mass is 10.0. The van der Waals surface area contributed by atoms with Gasteiger partial charge in [0.25, 0.3) is 0 Å². The zero-order chi connectivity index (χ0) is 24.4. The summed E-state index contributed by atoms with van der Waals surface area (Å²) in [4.78, 5) is 15.0. The smallest absolute Gasteiger partial charge is 0.410 e. The molecule has 1 atom stereocenters. The van der Waals surface area contributed by atoms with Crippen molar-refractivity contribution in [2.45, 2.75) is 72.4 Å². The summed E-state index contributed by atoms with van der Waals surface area (Å²) in [5.41, 5.74) is 1.69. The molecule has 2 rings (SSSR count). The molecule has 0 bridgehead atoms. The summed E-state index contributed by atoms with van der Waals surface area (Å²) in [6.07, 6.45) is 2.54. The van der Waals surface area contributed by atoms with Crippen molar-refractivity contribution in [1.82, 2.24) is 4.90 Å². The molecule has 0 N–H and O–H groups in total. The van der Waals surface area contributed by atoms with E-state index >= 15 is 0 Å². The molecule has 0 radical (unpaired) electrons. The first-order chi connectivity index (χ1) is 15.7.